The van der Waals surface area contributed by atoms with Crippen molar-refractivity contribution in [2.45, 2.75) is 18.2 Å². The van der Waals surface area contributed by atoms with Crippen LogP contribution in [-0.4, -0.2) is 11.5 Å². The second-order valence-corrected chi connectivity index (χ2v) is 5.60. The molecule has 78 valence electrons. The highest BCUT2D eigenvalue weighted by Crippen LogP contribution is 2.24. The lowest BCUT2D eigenvalue weighted by atomic mass is 10.2. The van der Waals surface area contributed by atoms with Gasteiger partial charge in [0.1, 0.15) is 0 Å². The molecule has 1 aromatic carbocycles. The monoisotopic (exact) mass is 290 g/mol. The fourth-order valence-corrected chi connectivity index (χ4v) is 2.98. The fourth-order valence-electron chi connectivity index (χ4n) is 1.04. The molecule has 0 heterocycles. The van der Waals surface area contributed by atoms with Crippen LogP contribution in [0, 0.1) is 5.92 Å². The number of halogens is 1. The highest BCUT2D eigenvalue weighted by Gasteiger charge is 2.04. The van der Waals surface area contributed by atoms with Crippen LogP contribution in [0.4, 0.5) is 0 Å². The Morgan fingerprint density at radius 2 is 2.00 bits per heavy atom. The van der Waals surface area contributed by atoms with Gasteiger partial charge in [0.15, 0.2) is 0 Å². The summed E-state index contributed by atoms with van der Waals surface area (Å²) >= 11 is 9.69. The molecule has 0 aliphatic carbocycles. The topological polar surface area (TPSA) is 0 Å². The first-order valence-corrected chi connectivity index (χ1v) is 7.16. The zero-order valence-corrected chi connectivity index (χ0v) is 11.5. The zero-order chi connectivity index (χ0) is 10.4. The van der Waals surface area contributed by atoms with Crippen LogP contribution in [0.2, 0.25) is 0 Å². The van der Waals surface area contributed by atoms with Crippen molar-refractivity contribution >= 4 is 40.3 Å². The van der Waals surface area contributed by atoms with Gasteiger partial charge in [-0.15, -0.1) is 11.8 Å². The molecule has 0 bridgehead atoms. The predicted molar refractivity (Wildman–Crippen MR) is 72.5 cm³/mol. The predicted octanol–water partition coefficient (Wildman–Crippen LogP) is 4.50. The van der Waals surface area contributed by atoms with E-state index in [2.05, 4.69) is 59.7 Å². The number of rotatable bonds is 5. The van der Waals surface area contributed by atoms with Crippen molar-refractivity contribution in [3.63, 3.8) is 0 Å². The van der Waals surface area contributed by atoms with Gasteiger partial charge in [-0.05, 0) is 35.9 Å². The average molecular weight is 291 g/mol. The van der Waals surface area contributed by atoms with E-state index < -0.39 is 0 Å². The van der Waals surface area contributed by atoms with E-state index in [0.29, 0.717) is 0 Å². The van der Waals surface area contributed by atoms with Gasteiger partial charge in [0.2, 0.25) is 0 Å². The van der Waals surface area contributed by atoms with E-state index >= 15 is 0 Å². The van der Waals surface area contributed by atoms with Crippen molar-refractivity contribution in [3.8, 4) is 0 Å². The summed E-state index contributed by atoms with van der Waals surface area (Å²) in [6.07, 6.45) is 1.22. The molecule has 1 unspecified atom stereocenters. The van der Waals surface area contributed by atoms with Gasteiger partial charge < -0.3 is 0 Å². The number of thiol groups is 1. The maximum atomic E-state index is 4.34. The molecule has 0 N–H and O–H groups in total. The molecular formula is C11H15BrS2. The third-order valence-corrected chi connectivity index (χ3v) is 4.42. The number of thioether (sulfide) groups is 1. The molecule has 0 fully saturated rings. The summed E-state index contributed by atoms with van der Waals surface area (Å²) in [4.78, 5) is 1.34. The largest absolute Gasteiger partial charge is 0.179 e. The summed E-state index contributed by atoms with van der Waals surface area (Å²) < 4.78 is 1.14. The molecule has 0 nitrogen and oxygen atoms in total. The van der Waals surface area contributed by atoms with E-state index in [9.17, 15) is 0 Å². The summed E-state index contributed by atoms with van der Waals surface area (Å²) in [5.74, 6) is 2.88. The third kappa shape index (κ3) is 4.28. The van der Waals surface area contributed by atoms with E-state index in [1.54, 1.807) is 0 Å². The van der Waals surface area contributed by atoms with Crippen LogP contribution >= 0.6 is 40.3 Å². The molecule has 1 rings (SSSR count). The first-order chi connectivity index (χ1) is 6.76. The Morgan fingerprint density at radius 1 is 1.36 bits per heavy atom. The molecule has 0 radical (unpaired) electrons. The highest BCUT2D eigenvalue weighted by atomic mass is 79.9. The molecule has 1 aromatic rings. The van der Waals surface area contributed by atoms with Gasteiger partial charge in [0.25, 0.3) is 0 Å². The molecule has 0 saturated carbocycles. The lowest BCUT2D eigenvalue weighted by molar-refractivity contribution is 0.649. The van der Waals surface area contributed by atoms with Crippen molar-refractivity contribution in [3.05, 3.63) is 28.7 Å². The maximum Gasteiger partial charge on any atom is 0.0176 e. The first-order valence-electron chi connectivity index (χ1n) is 4.75. The molecule has 0 spiro atoms. The molecular weight excluding hydrogens is 276 g/mol. The summed E-state index contributed by atoms with van der Waals surface area (Å²) in [7, 11) is 0. The molecule has 3 heteroatoms. The van der Waals surface area contributed by atoms with E-state index in [1.807, 2.05) is 11.8 Å². The van der Waals surface area contributed by atoms with Crippen LogP contribution in [0.15, 0.2) is 33.6 Å². The molecule has 0 saturated heterocycles. The van der Waals surface area contributed by atoms with Gasteiger partial charge in [-0.25, -0.2) is 0 Å². The van der Waals surface area contributed by atoms with Crippen molar-refractivity contribution < 1.29 is 0 Å². The Balaban J connectivity index is 2.41. The second kappa shape index (κ2) is 6.81. The average Bonchev–Trinajstić information content (AvgIpc) is 2.22. The Hall–Kier alpha value is 0.400. The Bertz CT molecular complexity index is 254. The standard InChI is InChI=1S/C11H15BrS2/c1-2-9(7-13)8-14-11-5-3-10(12)4-6-11/h3-6,9,13H,2,7-8H2,1H3. The van der Waals surface area contributed by atoms with Gasteiger partial charge in [-0.2, -0.15) is 12.6 Å². The first kappa shape index (κ1) is 12.5. The summed E-state index contributed by atoms with van der Waals surface area (Å²) in [5.41, 5.74) is 0. The second-order valence-electron chi connectivity index (χ2n) is 3.22. The smallest absolute Gasteiger partial charge is 0.0176 e. The van der Waals surface area contributed by atoms with Gasteiger partial charge in [-0.3, -0.25) is 0 Å². The highest BCUT2D eigenvalue weighted by molar-refractivity contribution is 9.10. The van der Waals surface area contributed by atoms with E-state index in [1.165, 1.54) is 17.1 Å². The zero-order valence-electron chi connectivity index (χ0n) is 8.24. The van der Waals surface area contributed by atoms with Gasteiger partial charge in [0, 0.05) is 15.1 Å². The lowest BCUT2D eigenvalue weighted by Crippen LogP contribution is -2.03. The van der Waals surface area contributed by atoms with Crippen LogP contribution in [0.25, 0.3) is 0 Å². The van der Waals surface area contributed by atoms with Gasteiger partial charge in [0.05, 0.1) is 0 Å². The van der Waals surface area contributed by atoms with Crippen LogP contribution in [0.5, 0.6) is 0 Å². The van der Waals surface area contributed by atoms with Gasteiger partial charge >= 0.3 is 0 Å². The van der Waals surface area contributed by atoms with Crippen LogP contribution in [0.1, 0.15) is 13.3 Å². The Morgan fingerprint density at radius 3 is 2.50 bits per heavy atom. The minimum Gasteiger partial charge on any atom is -0.179 e. The van der Waals surface area contributed by atoms with Crippen molar-refractivity contribution in [2.75, 3.05) is 11.5 Å². The molecule has 0 aromatic heterocycles. The van der Waals surface area contributed by atoms with E-state index in [-0.39, 0.29) is 0 Å². The van der Waals surface area contributed by atoms with Crippen LogP contribution < -0.4 is 0 Å². The van der Waals surface area contributed by atoms with Crippen molar-refractivity contribution in [2.24, 2.45) is 5.92 Å². The minimum absolute atomic E-state index is 0.729. The summed E-state index contributed by atoms with van der Waals surface area (Å²) in [6, 6.07) is 8.48. The molecule has 1 atom stereocenters. The quantitative estimate of drug-likeness (QED) is 0.616. The SMILES string of the molecule is CCC(CS)CSc1ccc(Br)cc1. The van der Waals surface area contributed by atoms with Gasteiger partial charge in [-0.1, -0.05) is 29.3 Å². The lowest BCUT2D eigenvalue weighted by Gasteiger charge is -2.10. The number of hydrogen-bond donors (Lipinski definition) is 1. The number of hydrogen-bond acceptors (Lipinski definition) is 2. The van der Waals surface area contributed by atoms with Crippen molar-refractivity contribution in [1.29, 1.82) is 0 Å². The van der Waals surface area contributed by atoms with Crippen LogP contribution in [-0.2, 0) is 0 Å². The van der Waals surface area contributed by atoms with E-state index in [0.717, 1.165) is 16.1 Å². The maximum absolute atomic E-state index is 4.34. The van der Waals surface area contributed by atoms with Crippen molar-refractivity contribution in [1.82, 2.24) is 0 Å². The molecule has 0 aliphatic rings. The summed E-state index contributed by atoms with van der Waals surface area (Å²) in [5, 5.41) is 0. The Kier molecular flexibility index (Phi) is 6.06. The Labute approximate surface area is 104 Å². The molecule has 0 amide bonds. The number of benzene rings is 1. The third-order valence-electron chi connectivity index (χ3n) is 2.13. The molecule has 0 aliphatic heterocycles. The fraction of sp³-hybridized carbons (Fsp3) is 0.455. The molecule has 14 heavy (non-hydrogen) atoms. The normalized spacial score (nSPS) is 12.8. The summed E-state index contributed by atoms with van der Waals surface area (Å²) in [6.45, 7) is 2.23. The minimum atomic E-state index is 0.729. The van der Waals surface area contributed by atoms with E-state index in [4.69, 9.17) is 0 Å². The van der Waals surface area contributed by atoms with Crippen LogP contribution in [0.3, 0.4) is 0 Å².